The van der Waals surface area contributed by atoms with E-state index in [1.807, 2.05) is 18.2 Å². The molecule has 0 saturated carbocycles. The van der Waals surface area contributed by atoms with E-state index in [1.54, 1.807) is 0 Å². The van der Waals surface area contributed by atoms with Crippen molar-refractivity contribution in [2.45, 2.75) is 103 Å². The average Bonchev–Trinajstić information content (AvgIpc) is 2.62. The molecule has 24 heavy (non-hydrogen) atoms. The van der Waals surface area contributed by atoms with Crippen LogP contribution in [0.15, 0.2) is 29.4 Å². The van der Waals surface area contributed by atoms with Gasteiger partial charge in [-0.15, -0.1) is 0 Å². The highest BCUT2D eigenvalue weighted by atomic mass is 15.0. The number of hydrogen-bond donors (Lipinski definition) is 1. The van der Waals surface area contributed by atoms with Crippen LogP contribution in [0.5, 0.6) is 0 Å². The molecule has 0 fully saturated rings. The van der Waals surface area contributed by atoms with Crippen LogP contribution in [0, 0.1) is 5.53 Å². The normalized spacial score (nSPS) is 10.9. The van der Waals surface area contributed by atoms with Gasteiger partial charge in [0.1, 0.15) is 0 Å². The molecule has 0 atom stereocenters. The van der Waals surface area contributed by atoms with Gasteiger partial charge in [0.2, 0.25) is 0 Å². The van der Waals surface area contributed by atoms with Crippen LogP contribution in [0.4, 0.5) is 5.69 Å². The van der Waals surface area contributed by atoms with Crippen molar-refractivity contribution >= 4 is 5.69 Å². The third-order valence-electron chi connectivity index (χ3n) is 4.91. The van der Waals surface area contributed by atoms with E-state index in [-0.39, 0.29) is 0 Å². The van der Waals surface area contributed by atoms with Gasteiger partial charge in [0, 0.05) is 0 Å². The Kier molecular flexibility index (Phi) is 13.3. The highest BCUT2D eigenvalue weighted by Crippen LogP contribution is 2.21. The van der Waals surface area contributed by atoms with E-state index in [4.69, 9.17) is 5.53 Å². The van der Waals surface area contributed by atoms with Crippen LogP contribution >= 0.6 is 0 Å². The lowest BCUT2D eigenvalue weighted by Crippen LogP contribution is -1.87. The van der Waals surface area contributed by atoms with E-state index in [1.165, 1.54) is 95.5 Å². The summed E-state index contributed by atoms with van der Waals surface area (Å²) in [5, 5.41) is 3.61. The molecule has 0 spiro atoms. The van der Waals surface area contributed by atoms with E-state index >= 15 is 0 Å². The van der Waals surface area contributed by atoms with Gasteiger partial charge in [-0.3, -0.25) is 0 Å². The molecule has 0 bridgehead atoms. The zero-order chi connectivity index (χ0) is 17.3. The van der Waals surface area contributed by atoms with Gasteiger partial charge in [0.15, 0.2) is 0 Å². The second kappa shape index (κ2) is 15.4. The predicted molar refractivity (Wildman–Crippen MR) is 105 cm³/mol. The van der Waals surface area contributed by atoms with Crippen LogP contribution in [-0.2, 0) is 6.42 Å². The fourth-order valence-corrected chi connectivity index (χ4v) is 3.34. The maximum atomic E-state index is 7.19. The van der Waals surface area contributed by atoms with Crippen LogP contribution in [-0.4, -0.2) is 0 Å². The number of unbranched alkanes of at least 4 members (excludes halogenated alkanes) is 13. The number of aryl methyl sites for hydroxylation is 1. The van der Waals surface area contributed by atoms with Crippen molar-refractivity contribution in [3.05, 3.63) is 29.8 Å². The molecule has 1 aromatic rings. The Morgan fingerprint density at radius 2 is 1.12 bits per heavy atom. The van der Waals surface area contributed by atoms with Gasteiger partial charge in [-0.05, 0) is 24.5 Å². The summed E-state index contributed by atoms with van der Waals surface area (Å²) in [5.74, 6) is 0. The Labute approximate surface area is 150 Å². The van der Waals surface area contributed by atoms with E-state index < -0.39 is 0 Å². The molecule has 1 rings (SSSR count). The molecule has 0 unspecified atom stereocenters. The van der Waals surface area contributed by atoms with Crippen LogP contribution in [0.25, 0.3) is 0 Å². The summed E-state index contributed by atoms with van der Waals surface area (Å²) in [5.41, 5.74) is 9.26. The van der Waals surface area contributed by atoms with Crippen LogP contribution in [0.3, 0.4) is 0 Å². The summed E-state index contributed by atoms with van der Waals surface area (Å²) in [4.78, 5) is 0. The predicted octanol–water partition coefficient (Wildman–Crippen LogP) is 8.37. The van der Waals surface area contributed by atoms with Gasteiger partial charge in [-0.2, -0.15) is 5.11 Å². The molecule has 0 amide bonds. The van der Waals surface area contributed by atoms with Gasteiger partial charge < -0.3 is 0 Å². The van der Waals surface area contributed by atoms with Crippen molar-refractivity contribution in [3.63, 3.8) is 0 Å². The quantitative estimate of drug-likeness (QED) is 0.233. The molecule has 0 aliphatic carbocycles. The molecule has 0 radical (unpaired) electrons. The number of nitrogens with one attached hydrogen (secondary N) is 1. The summed E-state index contributed by atoms with van der Waals surface area (Å²) in [7, 11) is 0. The van der Waals surface area contributed by atoms with Crippen molar-refractivity contribution in [1.29, 1.82) is 5.53 Å². The topological polar surface area (TPSA) is 36.2 Å². The molecule has 0 heterocycles. The lowest BCUT2D eigenvalue weighted by Gasteiger charge is -2.05. The SMILES string of the molecule is CCCCCCCCCCCCCCCCc1ccccc1N=N. The zero-order valence-electron chi connectivity index (χ0n) is 15.9. The number of rotatable bonds is 16. The number of nitrogens with zero attached hydrogens (tertiary/aromatic N) is 1. The molecule has 0 aromatic heterocycles. The van der Waals surface area contributed by atoms with Crippen LogP contribution < -0.4 is 0 Å². The Hall–Kier alpha value is -1.18. The summed E-state index contributed by atoms with van der Waals surface area (Å²) >= 11 is 0. The van der Waals surface area contributed by atoms with Gasteiger partial charge in [0.05, 0.1) is 5.69 Å². The van der Waals surface area contributed by atoms with Crippen molar-refractivity contribution in [1.82, 2.24) is 0 Å². The van der Waals surface area contributed by atoms with Crippen molar-refractivity contribution < 1.29 is 0 Å². The molecule has 2 nitrogen and oxygen atoms in total. The van der Waals surface area contributed by atoms with E-state index in [2.05, 4.69) is 18.1 Å². The Bertz CT molecular complexity index is 414. The third kappa shape index (κ3) is 10.6. The largest absolute Gasteiger partial charge is 0.204 e. The molecular formula is C22H38N2. The van der Waals surface area contributed by atoms with Gasteiger partial charge >= 0.3 is 0 Å². The van der Waals surface area contributed by atoms with Crippen molar-refractivity contribution in [3.8, 4) is 0 Å². The highest BCUT2D eigenvalue weighted by Gasteiger charge is 2.00. The first-order valence-electron chi connectivity index (χ1n) is 10.3. The fraction of sp³-hybridized carbons (Fsp3) is 0.727. The minimum Gasteiger partial charge on any atom is -0.204 e. The van der Waals surface area contributed by atoms with Gasteiger partial charge in [0.25, 0.3) is 0 Å². The standard InChI is InChI=1S/C22H38N2/c1-2-3-4-5-6-7-8-9-10-11-12-13-14-15-18-21-19-16-17-20-22(21)24-23/h16-17,19-20,23H,2-15,18H2,1H3. The van der Waals surface area contributed by atoms with Crippen molar-refractivity contribution in [2.24, 2.45) is 5.11 Å². The highest BCUT2D eigenvalue weighted by molar-refractivity contribution is 5.44. The molecule has 136 valence electrons. The minimum absolute atomic E-state index is 0.840. The molecule has 0 aliphatic heterocycles. The minimum atomic E-state index is 0.840. The molecule has 1 N–H and O–H groups in total. The first-order valence-corrected chi connectivity index (χ1v) is 10.3. The summed E-state index contributed by atoms with van der Waals surface area (Å²) in [6.45, 7) is 2.28. The smallest absolute Gasteiger partial charge is 0.0881 e. The monoisotopic (exact) mass is 330 g/mol. The number of para-hydroxylation sites is 1. The maximum absolute atomic E-state index is 7.19. The first-order chi connectivity index (χ1) is 11.9. The van der Waals surface area contributed by atoms with E-state index in [0.29, 0.717) is 0 Å². The summed E-state index contributed by atoms with van der Waals surface area (Å²) in [6, 6.07) is 8.05. The van der Waals surface area contributed by atoms with E-state index in [0.717, 1.165) is 12.1 Å². The third-order valence-corrected chi connectivity index (χ3v) is 4.91. The molecule has 0 saturated heterocycles. The second-order valence-corrected chi connectivity index (χ2v) is 7.09. The number of hydrogen-bond acceptors (Lipinski definition) is 2. The average molecular weight is 331 g/mol. The second-order valence-electron chi connectivity index (χ2n) is 7.09. The molecular weight excluding hydrogens is 292 g/mol. The van der Waals surface area contributed by atoms with Crippen LogP contribution in [0.2, 0.25) is 0 Å². The summed E-state index contributed by atoms with van der Waals surface area (Å²) in [6.07, 6.45) is 20.6. The lowest BCUT2D eigenvalue weighted by atomic mass is 10.0. The van der Waals surface area contributed by atoms with Gasteiger partial charge in [-0.1, -0.05) is 109 Å². The molecule has 1 aromatic carbocycles. The van der Waals surface area contributed by atoms with E-state index in [9.17, 15) is 0 Å². The maximum Gasteiger partial charge on any atom is 0.0881 e. The number of benzene rings is 1. The Morgan fingerprint density at radius 1 is 0.667 bits per heavy atom. The van der Waals surface area contributed by atoms with Crippen molar-refractivity contribution in [2.75, 3.05) is 0 Å². The molecule has 2 heteroatoms. The summed E-state index contributed by atoms with van der Waals surface area (Å²) < 4.78 is 0. The Morgan fingerprint density at radius 3 is 1.62 bits per heavy atom. The first kappa shape index (κ1) is 20.9. The Balaban J connectivity index is 1.85. The fourth-order valence-electron chi connectivity index (χ4n) is 3.34. The zero-order valence-corrected chi connectivity index (χ0v) is 15.9. The molecule has 0 aliphatic rings. The van der Waals surface area contributed by atoms with Gasteiger partial charge in [-0.25, -0.2) is 5.53 Å². The van der Waals surface area contributed by atoms with Crippen LogP contribution in [0.1, 0.15) is 102 Å². The lowest BCUT2D eigenvalue weighted by molar-refractivity contribution is 0.535.